The highest BCUT2D eigenvalue weighted by molar-refractivity contribution is 6.18. The minimum Gasteiger partial charge on any atom is -0.355 e. The van der Waals surface area contributed by atoms with Crippen molar-refractivity contribution in [2.45, 2.75) is 72.1 Å². The first kappa shape index (κ1) is 17.1. The minimum absolute atomic E-state index is 0.180. The van der Waals surface area contributed by atoms with Crippen LogP contribution in [0.5, 0.6) is 0 Å². The zero-order valence-corrected chi connectivity index (χ0v) is 14.8. The van der Waals surface area contributed by atoms with Crippen LogP contribution in [0.2, 0.25) is 0 Å². The molecule has 0 saturated heterocycles. The number of nitrogens with one attached hydrogen (secondary N) is 1. The third kappa shape index (κ3) is 4.37. The van der Waals surface area contributed by atoms with Crippen LogP contribution in [0.3, 0.4) is 0 Å². The van der Waals surface area contributed by atoms with Crippen LogP contribution in [0.25, 0.3) is 0 Å². The maximum atomic E-state index is 12.4. The van der Waals surface area contributed by atoms with Gasteiger partial charge in [0.05, 0.1) is 0 Å². The van der Waals surface area contributed by atoms with Gasteiger partial charge in [0.2, 0.25) is 5.91 Å². The molecule has 0 aromatic carbocycles. The lowest BCUT2D eigenvalue weighted by atomic mass is 9.69. The predicted octanol–water partition coefficient (Wildman–Crippen LogP) is 4.75. The van der Waals surface area contributed by atoms with Gasteiger partial charge in [-0.05, 0) is 49.9 Å². The number of alkyl halides is 1. The Morgan fingerprint density at radius 1 is 1.14 bits per heavy atom. The van der Waals surface area contributed by atoms with Crippen molar-refractivity contribution in [3.8, 4) is 0 Å². The van der Waals surface area contributed by atoms with Crippen LogP contribution < -0.4 is 5.32 Å². The number of amides is 1. The molecule has 1 amide bonds. The molecule has 0 unspecified atom stereocenters. The summed E-state index contributed by atoms with van der Waals surface area (Å²) in [5.41, 5.74) is 0.563. The summed E-state index contributed by atoms with van der Waals surface area (Å²) in [6, 6.07) is 0. The first-order valence-corrected chi connectivity index (χ1v) is 9.23. The summed E-state index contributed by atoms with van der Waals surface area (Å²) in [7, 11) is 0. The Bertz CT molecular complexity index is 347. The smallest absolute Gasteiger partial charge is 0.223 e. The molecule has 2 nitrogen and oxygen atoms in total. The number of hydrogen-bond acceptors (Lipinski definition) is 1. The fourth-order valence-electron chi connectivity index (χ4n) is 4.12. The molecule has 2 rings (SSSR count). The molecule has 2 aliphatic rings. The van der Waals surface area contributed by atoms with E-state index in [9.17, 15) is 4.79 Å². The van der Waals surface area contributed by atoms with Crippen LogP contribution in [0.1, 0.15) is 72.1 Å². The highest BCUT2D eigenvalue weighted by atomic mass is 35.5. The van der Waals surface area contributed by atoms with Crippen LogP contribution in [-0.4, -0.2) is 18.3 Å². The van der Waals surface area contributed by atoms with Crippen molar-refractivity contribution in [2.24, 2.45) is 22.7 Å². The molecule has 0 atom stereocenters. The number of carbonyl (C=O) groups is 1. The molecule has 0 radical (unpaired) electrons. The molecule has 3 heteroatoms. The molecular weight excluding hydrogens is 282 g/mol. The Kier molecular flexibility index (Phi) is 5.62. The Balaban J connectivity index is 1.77. The zero-order chi connectivity index (χ0) is 15.5. The van der Waals surface area contributed by atoms with E-state index in [0.717, 1.165) is 25.3 Å². The molecule has 21 heavy (non-hydrogen) atoms. The molecule has 0 aromatic rings. The van der Waals surface area contributed by atoms with Gasteiger partial charge < -0.3 is 5.32 Å². The maximum Gasteiger partial charge on any atom is 0.223 e. The van der Waals surface area contributed by atoms with Crippen LogP contribution in [0.15, 0.2) is 0 Å². The first-order valence-electron chi connectivity index (χ1n) is 8.70. The minimum atomic E-state index is 0.180. The van der Waals surface area contributed by atoms with Gasteiger partial charge in [0.15, 0.2) is 0 Å². The molecule has 122 valence electrons. The second-order valence-electron chi connectivity index (χ2n) is 8.47. The molecule has 0 spiro atoms. The van der Waals surface area contributed by atoms with Gasteiger partial charge in [-0.25, -0.2) is 0 Å². The Hall–Kier alpha value is -0.240. The van der Waals surface area contributed by atoms with E-state index in [4.69, 9.17) is 11.6 Å². The van der Waals surface area contributed by atoms with Crippen LogP contribution >= 0.6 is 11.6 Å². The number of hydrogen-bond donors (Lipinski definition) is 1. The fraction of sp³-hybridized carbons (Fsp3) is 0.944. The van der Waals surface area contributed by atoms with E-state index in [2.05, 4.69) is 26.1 Å². The van der Waals surface area contributed by atoms with Crippen molar-refractivity contribution < 1.29 is 4.79 Å². The molecule has 0 heterocycles. The summed E-state index contributed by atoms with van der Waals surface area (Å²) in [4.78, 5) is 12.4. The van der Waals surface area contributed by atoms with Gasteiger partial charge in [-0.1, -0.05) is 33.6 Å². The largest absolute Gasteiger partial charge is 0.355 e. The van der Waals surface area contributed by atoms with E-state index in [0.29, 0.717) is 11.3 Å². The summed E-state index contributed by atoms with van der Waals surface area (Å²) >= 11 is 6.15. The molecular formula is C18H32ClNO. The highest BCUT2D eigenvalue weighted by Gasteiger charge is 2.35. The van der Waals surface area contributed by atoms with Crippen LogP contribution in [0, 0.1) is 22.7 Å². The second-order valence-corrected chi connectivity index (χ2v) is 8.74. The number of halogens is 1. The van der Waals surface area contributed by atoms with E-state index in [-0.39, 0.29) is 17.2 Å². The molecule has 2 aliphatic carbocycles. The Morgan fingerprint density at radius 3 is 2.19 bits per heavy atom. The highest BCUT2D eigenvalue weighted by Crippen LogP contribution is 2.41. The van der Waals surface area contributed by atoms with E-state index in [1.54, 1.807) is 0 Å². The van der Waals surface area contributed by atoms with Crippen molar-refractivity contribution in [1.82, 2.24) is 5.32 Å². The molecule has 0 aromatic heterocycles. The maximum absolute atomic E-state index is 12.4. The van der Waals surface area contributed by atoms with Gasteiger partial charge >= 0.3 is 0 Å². The Morgan fingerprint density at radius 2 is 1.71 bits per heavy atom. The molecule has 2 saturated carbocycles. The van der Waals surface area contributed by atoms with E-state index < -0.39 is 0 Å². The van der Waals surface area contributed by atoms with E-state index in [1.807, 2.05) is 0 Å². The van der Waals surface area contributed by atoms with E-state index in [1.165, 1.54) is 38.5 Å². The third-order valence-electron chi connectivity index (χ3n) is 5.91. The monoisotopic (exact) mass is 313 g/mol. The summed E-state index contributed by atoms with van der Waals surface area (Å²) in [5, 5.41) is 3.22. The normalized spacial score (nSPS) is 29.3. The second kappa shape index (κ2) is 6.89. The third-order valence-corrected chi connectivity index (χ3v) is 6.47. The zero-order valence-electron chi connectivity index (χ0n) is 14.0. The summed E-state index contributed by atoms with van der Waals surface area (Å²) < 4.78 is 0. The lowest BCUT2D eigenvalue weighted by molar-refractivity contribution is -0.127. The van der Waals surface area contributed by atoms with Crippen molar-refractivity contribution >= 4 is 17.5 Å². The summed E-state index contributed by atoms with van der Waals surface area (Å²) in [5.74, 6) is 1.96. The van der Waals surface area contributed by atoms with Gasteiger partial charge in [0, 0.05) is 23.8 Å². The van der Waals surface area contributed by atoms with Gasteiger partial charge in [-0.15, -0.1) is 11.6 Å². The SMILES string of the molecule is CC(C)(C)C1CCC(C(=O)NCC2(CCl)CCCC2)CC1. The topological polar surface area (TPSA) is 29.1 Å². The number of carbonyl (C=O) groups excluding carboxylic acids is 1. The fourth-order valence-corrected chi connectivity index (χ4v) is 4.48. The molecule has 0 aliphatic heterocycles. The van der Waals surface area contributed by atoms with Crippen LogP contribution in [-0.2, 0) is 4.79 Å². The van der Waals surface area contributed by atoms with Crippen LogP contribution in [0.4, 0.5) is 0 Å². The predicted molar refractivity (Wildman–Crippen MR) is 89.5 cm³/mol. The Labute approximate surface area is 135 Å². The molecule has 2 fully saturated rings. The summed E-state index contributed by atoms with van der Waals surface area (Å²) in [6.45, 7) is 7.75. The standard InChI is InChI=1S/C18H32ClNO/c1-17(2,3)15-8-6-14(7-9-15)16(21)20-13-18(12-19)10-4-5-11-18/h14-15H,4-13H2,1-3H3,(H,20,21). The number of rotatable bonds is 4. The van der Waals surface area contributed by atoms with Crippen molar-refractivity contribution in [3.63, 3.8) is 0 Å². The average molecular weight is 314 g/mol. The lowest BCUT2D eigenvalue weighted by Gasteiger charge is -2.37. The first-order chi connectivity index (χ1) is 9.86. The summed E-state index contributed by atoms with van der Waals surface area (Å²) in [6.07, 6.45) is 9.38. The van der Waals surface area contributed by atoms with Gasteiger partial charge in [-0.2, -0.15) is 0 Å². The van der Waals surface area contributed by atoms with E-state index >= 15 is 0 Å². The van der Waals surface area contributed by atoms with Crippen molar-refractivity contribution in [3.05, 3.63) is 0 Å². The molecule has 0 bridgehead atoms. The molecule has 1 N–H and O–H groups in total. The average Bonchev–Trinajstić information content (AvgIpc) is 2.93. The lowest BCUT2D eigenvalue weighted by Crippen LogP contribution is -2.41. The van der Waals surface area contributed by atoms with Gasteiger partial charge in [-0.3, -0.25) is 4.79 Å². The van der Waals surface area contributed by atoms with Crippen molar-refractivity contribution in [2.75, 3.05) is 12.4 Å². The van der Waals surface area contributed by atoms with Gasteiger partial charge in [0.25, 0.3) is 0 Å². The van der Waals surface area contributed by atoms with Gasteiger partial charge in [0.1, 0.15) is 0 Å². The van der Waals surface area contributed by atoms with Crippen molar-refractivity contribution in [1.29, 1.82) is 0 Å². The quantitative estimate of drug-likeness (QED) is 0.745.